The largest absolute Gasteiger partial charge is 0.461 e. The van der Waals surface area contributed by atoms with Crippen molar-refractivity contribution in [1.82, 2.24) is 4.72 Å². The number of sulfonamides is 1. The van der Waals surface area contributed by atoms with Gasteiger partial charge in [0.2, 0.25) is 15.8 Å². The van der Waals surface area contributed by atoms with Crippen LogP contribution >= 0.6 is 11.3 Å². The first-order valence-electron chi connectivity index (χ1n) is 7.19. The topological polar surface area (TPSA) is 76.4 Å². The summed E-state index contributed by atoms with van der Waals surface area (Å²) in [6.45, 7) is 2.03. The Morgan fingerprint density at radius 2 is 1.88 bits per heavy atom. The summed E-state index contributed by atoms with van der Waals surface area (Å²) in [4.78, 5) is 13.6. The molecule has 24 heavy (non-hydrogen) atoms. The minimum Gasteiger partial charge on any atom is -0.461 e. The van der Waals surface area contributed by atoms with Crippen molar-refractivity contribution in [1.29, 1.82) is 0 Å². The zero-order chi connectivity index (χ0) is 17.2. The number of benzene rings is 1. The van der Waals surface area contributed by atoms with Crippen LogP contribution < -0.4 is 4.72 Å². The molecule has 2 aromatic heterocycles. The lowest BCUT2D eigenvalue weighted by molar-refractivity contribution is 0.101. The molecule has 124 valence electrons. The second-order valence-corrected chi connectivity index (χ2v) is 8.15. The maximum Gasteiger partial charge on any atom is 0.240 e. The van der Waals surface area contributed by atoms with E-state index in [1.165, 1.54) is 17.6 Å². The van der Waals surface area contributed by atoms with Gasteiger partial charge in [-0.1, -0.05) is 17.7 Å². The molecule has 0 aliphatic carbocycles. The van der Waals surface area contributed by atoms with Crippen molar-refractivity contribution < 1.29 is 17.6 Å². The standard InChI is InChI=1S/C17H15NO4S2/c1-12-4-7-14(8-5-12)24(20,21)18-11-13-6-9-16(23-13)17(19)15-3-2-10-22-15/h2-10,18H,11H2,1H3. The fourth-order valence-electron chi connectivity index (χ4n) is 2.09. The molecule has 2 heterocycles. The van der Waals surface area contributed by atoms with Crippen LogP contribution in [0.3, 0.4) is 0 Å². The van der Waals surface area contributed by atoms with Gasteiger partial charge >= 0.3 is 0 Å². The highest BCUT2D eigenvalue weighted by atomic mass is 32.2. The predicted octanol–water partition coefficient (Wildman–Crippen LogP) is 3.36. The summed E-state index contributed by atoms with van der Waals surface area (Å²) in [5.74, 6) is 0.0567. The van der Waals surface area contributed by atoms with Crippen LogP contribution in [0.2, 0.25) is 0 Å². The van der Waals surface area contributed by atoms with Crippen LogP contribution in [0.15, 0.2) is 64.1 Å². The van der Waals surface area contributed by atoms with Gasteiger partial charge in [-0.2, -0.15) is 0 Å². The number of ketones is 1. The van der Waals surface area contributed by atoms with E-state index in [1.807, 2.05) is 6.92 Å². The maximum atomic E-state index is 12.3. The highest BCUT2D eigenvalue weighted by Gasteiger charge is 2.17. The van der Waals surface area contributed by atoms with Gasteiger partial charge in [0, 0.05) is 11.4 Å². The average Bonchev–Trinajstić information content (AvgIpc) is 3.25. The van der Waals surface area contributed by atoms with E-state index in [1.54, 1.807) is 48.5 Å². The molecule has 0 atom stereocenters. The van der Waals surface area contributed by atoms with E-state index in [4.69, 9.17) is 4.42 Å². The van der Waals surface area contributed by atoms with E-state index < -0.39 is 10.0 Å². The number of furan rings is 1. The second-order valence-electron chi connectivity index (χ2n) is 5.21. The summed E-state index contributed by atoms with van der Waals surface area (Å²) in [5, 5.41) is 0. The Bertz CT molecular complexity index is 939. The van der Waals surface area contributed by atoms with Gasteiger partial charge in [-0.25, -0.2) is 13.1 Å². The summed E-state index contributed by atoms with van der Waals surface area (Å²) in [6.07, 6.45) is 1.44. The maximum absolute atomic E-state index is 12.3. The Balaban J connectivity index is 1.69. The first-order chi connectivity index (χ1) is 11.5. The van der Waals surface area contributed by atoms with Gasteiger partial charge in [0.05, 0.1) is 16.0 Å². The molecule has 0 bridgehead atoms. The van der Waals surface area contributed by atoms with Crippen LogP contribution in [0.4, 0.5) is 0 Å². The normalized spacial score (nSPS) is 11.5. The van der Waals surface area contributed by atoms with Gasteiger partial charge in [0.15, 0.2) is 5.76 Å². The van der Waals surface area contributed by atoms with Crippen molar-refractivity contribution in [2.75, 3.05) is 0 Å². The number of carbonyl (C=O) groups excluding carboxylic acids is 1. The van der Waals surface area contributed by atoms with Crippen LogP contribution in [-0.4, -0.2) is 14.2 Å². The molecule has 3 rings (SSSR count). The first-order valence-corrected chi connectivity index (χ1v) is 9.49. The van der Waals surface area contributed by atoms with Gasteiger partial charge in [-0.3, -0.25) is 4.79 Å². The van der Waals surface area contributed by atoms with E-state index >= 15 is 0 Å². The SMILES string of the molecule is Cc1ccc(S(=O)(=O)NCc2ccc(C(=O)c3ccco3)s2)cc1. The number of hydrogen-bond donors (Lipinski definition) is 1. The fraction of sp³-hybridized carbons (Fsp3) is 0.118. The first kappa shape index (κ1) is 16.6. The summed E-state index contributed by atoms with van der Waals surface area (Å²) in [7, 11) is -3.58. The minimum atomic E-state index is -3.58. The van der Waals surface area contributed by atoms with E-state index in [0.717, 1.165) is 10.4 Å². The van der Waals surface area contributed by atoms with E-state index in [9.17, 15) is 13.2 Å². The van der Waals surface area contributed by atoms with Crippen LogP contribution in [0.1, 0.15) is 25.9 Å². The third-order valence-electron chi connectivity index (χ3n) is 3.40. The molecular weight excluding hydrogens is 346 g/mol. The summed E-state index contributed by atoms with van der Waals surface area (Å²) in [6, 6.07) is 13.3. The zero-order valence-corrected chi connectivity index (χ0v) is 14.5. The third kappa shape index (κ3) is 3.64. The highest BCUT2D eigenvalue weighted by Crippen LogP contribution is 2.21. The lowest BCUT2D eigenvalue weighted by Gasteiger charge is -2.05. The predicted molar refractivity (Wildman–Crippen MR) is 91.7 cm³/mol. The van der Waals surface area contributed by atoms with Gasteiger partial charge < -0.3 is 4.42 Å². The van der Waals surface area contributed by atoms with Crippen molar-refractivity contribution in [3.8, 4) is 0 Å². The molecule has 0 aliphatic rings. The smallest absolute Gasteiger partial charge is 0.240 e. The summed E-state index contributed by atoms with van der Waals surface area (Å²) >= 11 is 1.24. The number of aryl methyl sites for hydroxylation is 1. The van der Waals surface area contributed by atoms with Crippen LogP contribution in [0, 0.1) is 6.92 Å². The van der Waals surface area contributed by atoms with E-state index in [-0.39, 0.29) is 23.0 Å². The lowest BCUT2D eigenvalue weighted by atomic mass is 10.2. The van der Waals surface area contributed by atoms with Crippen molar-refractivity contribution in [2.45, 2.75) is 18.4 Å². The molecule has 0 fully saturated rings. The van der Waals surface area contributed by atoms with Gasteiger partial charge in [-0.15, -0.1) is 11.3 Å². The molecule has 0 saturated carbocycles. The summed E-state index contributed by atoms with van der Waals surface area (Å²) < 4.78 is 32.1. The molecule has 1 N–H and O–H groups in total. The van der Waals surface area contributed by atoms with Crippen molar-refractivity contribution >= 4 is 27.1 Å². The Morgan fingerprint density at radius 1 is 1.12 bits per heavy atom. The van der Waals surface area contributed by atoms with Crippen molar-refractivity contribution in [2.24, 2.45) is 0 Å². The van der Waals surface area contributed by atoms with Crippen LogP contribution in [-0.2, 0) is 16.6 Å². The zero-order valence-electron chi connectivity index (χ0n) is 12.9. The molecule has 7 heteroatoms. The van der Waals surface area contributed by atoms with Crippen LogP contribution in [0.5, 0.6) is 0 Å². The number of nitrogens with one attached hydrogen (secondary N) is 1. The van der Waals surface area contributed by atoms with E-state index in [2.05, 4.69) is 4.72 Å². The Morgan fingerprint density at radius 3 is 2.54 bits per heavy atom. The van der Waals surface area contributed by atoms with Gasteiger partial charge in [0.1, 0.15) is 0 Å². The molecular formula is C17H15NO4S2. The summed E-state index contributed by atoms with van der Waals surface area (Å²) in [5.41, 5.74) is 0.994. The molecule has 0 spiro atoms. The Kier molecular flexibility index (Phi) is 4.66. The molecule has 1 aromatic carbocycles. The van der Waals surface area contributed by atoms with Crippen LogP contribution in [0.25, 0.3) is 0 Å². The monoisotopic (exact) mass is 361 g/mol. The molecule has 0 radical (unpaired) electrons. The van der Waals surface area contributed by atoms with Crippen molar-refractivity contribution in [3.63, 3.8) is 0 Å². The number of thiophene rings is 1. The fourth-order valence-corrected chi connectivity index (χ4v) is 4.08. The van der Waals surface area contributed by atoms with Crippen molar-refractivity contribution in [3.05, 3.63) is 75.9 Å². The molecule has 0 amide bonds. The Hall–Kier alpha value is -2.22. The van der Waals surface area contributed by atoms with E-state index in [0.29, 0.717) is 4.88 Å². The van der Waals surface area contributed by atoms with Gasteiger partial charge in [0.25, 0.3) is 0 Å². The molecule has 3 aromatic rings. The highest BCUT2D eigenvalue weighted by molar-refractivity contribution is 7.89. The Labute approximate surface area is 144 Å². The average molecular weight is 361 g/mol. The minimum absolute atomic E-state index is 0.131. The molecule has 0 unspecified atom stereocenters. The number of hydrogen-bond acceptors (Lipinski definition) is 5. The molecule has 5 nitrogen and oxygen atoms in total. The van der Waals surface area contributed by atoms with Gasteiger partial charge in [-0.05, 0) is 43.3 Å². The quantitative estimate of drug-likeness (QED) is 0.683. The molecule has 0 saturated heterocycles. The number of rotatable bonds is 6. The second kappa shape index (κ2) is 6.72. The third-order valence-corrected chi connectivity index (χ3v) is 5.90. The molecule has 0 aliphatic heterocycles. The lowest BCUT2D eigenvalue weighted by Crippen LogP contribution is -2.22. The number of carbonyl (C=O) groups is 1.